The van der Waals surface area contributed by atoms with Gasteiger partial charge in [0.15, 0.2) is 0 Å². The Labute approximate surface area is 166 Å². The van der Waals surface area contributed by atoms with Crippen LogP contribution in [0.25, 0.3) is 0 Å². The summed E-state index contributed by atoms with van der Waals surface area (Å²) in [4.78, 5) is 14.5. The highest BCUT2D eigenvalue weighted by atomic mass is 32.2. The van der Waals surface area contributed by atoms with Crippen LogP contribution in [0.1, 0.15) is 18.1 Å². The van der Waals surface area contributed by atoms with E-state index in [9.17, 15) is 13.2 Å². The summed E-state index contributed by atoms with van der Waals surface area (Å²) in [6, 6.07) is 19.2. The minimum atomic E-state index is -3.82. The zero-order chi connectivity index (χ0) is 20.1. The van der Waals surface area contributed by atoms with Crippen LogP contribution in [-0.4, -0.2) is 42.8 Å². The minimum Gasteiger partial charge on any atom is -0.337 e. The van der Waals surface area contributed by atoms with Crippen LogP contribution in [0.2, 0.25) is 0 Å². The second-order valence-corrected chi connectivity index (χ2v) is 8.24. The van der Waals surface area contributed by atoms with Crippen molar-refractivity contribution in [1.29, 1.82) is 0 Å². The van der Waals surface area contributed by atoms with E-state index in [1.807, 2.05) is 60.7 Å². The van der Waals surface area contributed by atoms with E-state index < -0.39 is 10.2 Å². The predicted molar refractivity (Wildman–Crippen MR) is 110 cm³/mol. The van der Waals surface area contributed by atoms with Gasteiger partial charge in [0.25, 0.3) is 5.91 Å². The molecule has 0 saturated carbocycles. The van der Waals surface area contributed by atoms with Crippen molar-refractivity contribution in [2.45, 2.75) is 19.9 Å². The highest BCUT2D eigenvalue weighted by Crippen LogP contribution is 2.19. The van der Waals surface area contributed by atoms with Crippen LogP contribution in [0.3, 0.4) is 0 Å². The molecule has 1 amide bonds. The van der Waals surface area contributed by atoms with E-state index in [1.54, 1.807) is 18.9 Å². The molecule has 3 rings (SSSR count). The van der Waals surface area contributed by atoms with Gasteiger partial charge in [0.2, 0.25) is 0 Å². The van der Waals surface area contributed by atoms with Crippen LogP contribution in [0.4, 0.5) is 0 Å². The summed E-state index contributed by atoms with van der Waals surface area (Å²) in [7, 11) is -2.12. The third-order valence-corrected chi connectivity index (χ3v) is 5.90. The maximum absolute atomic E-state index is 12.9. The highest BCUT2D eigenvalue weighted by Gasteiger charge is 2.29. The summed E-state index contributed by atoms with van der Waals surface area (Å²) in [5.41, 5.74) is 2.52. The quantitative estimate of drug-likeness (QED) is 0.753. The molecule has 28 heavy (non-hydrogen) atoms. The first-order valence-corrected chi connectivity index (χ1v) is 10.4. The Hall–Kier alpha value is -2.93. The lowest BCUT2D eigenvalue weighted by molar-refractivity contribution is -0.125. The number of likely N-dealkylation sites (N-methyl/N-ethyl adjacent to an activating group) is 1. The lowest BCUT2D eigenvalue weighted by Gasteiger charge is -2.26. The molecule has 1 aliphatic rings. The fraction of sp³-hybridized carbons (Fsp3) is 0.238. The van der Waals surface area contributed by atoms with Crippen molar-refractivity contribution >= 4 is 21.8 Å². The summed E-state index contributed by atoms with van der Waals surface area (Å²) in [6.07, 6.45) is 1.94. The predicted octanol–water partition coefficient (Wildman–Crippen LogP) is 2.79. The van der Waals surface area contributed by atoms with E-state index >= 15 is 0 Å². The monoisotopic (exact) mass is 397 g/mol. The van der Waals surface area contributed by atoms with Gasteiger partial charge in [-0.25, -0.2) is 0 Å². The summed E-state index contributed by atoms with van der Waals surface area (Å²) >= 11 is 0. The van der Waals surface area contributed by atoms with Crippen LogP contribution in [0.5, 0.6) is 0 Å². The minimum absolute atomic E-state index is 0.209. The fourth-order valence-corrected chi connectivity index (χ4v) is 4.10. The average Bonchev–Trinajstić information content (AvgIpc) is 2.68. The molecule has 146 valence electrons. The van der Waals surface area contributed by atoms with Gasteiger partial charge in [0.05, 0.1) is 11.3 Å². The molecule has 2 aromatic rings. The Morgan fingerprint density at radius 1 is 1.00 bits per heavy atom. The van der Waals surface area contributed by atoms with E-state index in [0.29, 0.717) is 18.5 Å². The third kappa shape index (κ3) is 4.67. The molecule has 1 heterocycles. The number of hydrogen-bond acceptors (Lipinski definition) is 3. The van der Waals surface area contributed by atoms with Gasteiger partial charge in [-0.15, -0.1) is 4.40 Å². The summed E-state index contributed by atoms with van der Waals surface area (Å²) < 4.78 is 29.8. The molecule has 1 aliphatic heterocycles. The zero-order valence-corrected chi connectivity index (χ0v) is 16.8. The van der Waals surface area contributed by atoms with Crippen LogP contribution in [-0.2, 0) is 28.0 Å². The van der Waals surface area contributed by atoms with Gasteiger partial charge in [-0.1, -0.05) is 60.7 Å². The van der Waals surface area contributed by atoms with Gasteiger partial charge in [-0.05, 0) is 24.5 Å². The van der Waals surface area contributed by atoms with E-state index in [2.05, 4.69) is 4.40 Å². The van der Waals surface area contributed by atoms with Crippen molar-refractivity contribution in [3.8, 4) is 0 Å². The van der Waals surface area contributed by atoms with Crippen LogP contribution >= 0.6 is 0 Å². The third-order valence-electron chi connectivity index (χ3n) is 4.51. The van der Waals surface area contributed by atoms with E-state index in [4.69, 9.17) is 0 Å². The molecule has 2 aromatic carbocycles. The largest absolute Gasteiger partial charge is 0.344 e. The fourth-order valence-electron chi connectivity index (χ4n) is 2.99. The summed E-state index contributed by atoms with van der Waals surface area (Å²) in [6.45, 7) is 2.20. The Morgan fingerprint density at radius 3 is 2.18 bits per heavy atom. The first kappa shape index (κ1) is 19.8. The normalized spacial score (nSPS) is 15.6. The van der Waals surface area contributed by atoms with Crippen LogP contribution in [0, 0.1) is 0 Å². The maximum Gasteiger partial charge on any atom is 0.344 e. The molecule has 0 atom stereocenters. The number of carbonyl (C=O) groups is 1. The van der Waals surface area contributed by atoms with Crippen molar-refractivity contribution in [1.82, 2.24) is 9.21 Å². The number of rotatable bonds is 6. The Kier molecular flexibility index (Phi) is 5.94. The summed E-state index contributed by atoms with van der Waals surface area (Å²) in [5.74, 6) is -0.260. The molecule has 0 spiro atoms. The van der Waals surface area contributed by atoms with Gasteiger partial charge in [-0.2, -0.15) is 8.42 Å². The topological polar surface area (TPSA) is 70.0 Å². The molecule has 0 saturated heterocycles. The number of amides is 1. The number of carbonyl (C=O) groups excluding carboxylic acids is 1. The molecule has 0 aromatic heterocycles. The molecule has 7 heteroatoms. The number of benzene rings is 2. The maximum atomic E-state index is 12.9. The number of hydrogen-bond donors (Lipinski definition) is 0. The molecule has 0 N–H and O–H groups in total. The Morgan fingerprint density at radius 2 is 1.57 bits per heavy atom. The standard InChI is InChI=1S/C21H23N3O3S/c1-17-20(21(25)23(2)15-19-11-7-4-8-12-19)16-24(28(26,27)22-17)14-13-18-9-5-3-6-10-18/h3-12,16H,13-15H2,1-2H3. The summed E-state index contributed by atoms with van der Waals surface area (Å²) in [5, 5.41) is 0. The van der Waals surface area contributed by atoms with Crippen molar-refractivity contribution in [3.63, 3.8) is 0 Å². The molecule has 0 radical (unpaired) electrons. The second-order valence-electron chi connectivity index (χ2n) is 6.69. The number of nitrogens with zero attached hydrogens (tertiary/aromatic N) is 3. The first-order chi connectivity index (χ1) is 13.4. The molecule has 6 nitrogen and oxygen atoms in total. The van der Waals surface area contributed by atoms with Gasteiger partial charge in [0.1, 0.15) is 0 Å². The Balaban J connectivity index is 1.77. The van der Waals surface area contributed by atoms with E-state index in [1.165, 1.54) is 6.20 Å². The lowest BCUT2D eigenvalue weighted by Crippen LogP contribution is -2.37. The smallest absolute Gasteiger partial charge is 0.337 e. The van der Waals surface area contributed by atoms with Gasteiger partial charge >= 0.3 is 10.2 Å². The van der Waals surface area contributed by atoms with Crippen LogP contribution in [0.15, 0.2) is 76.8 Å². The second kappa shape index (κ2) is 8.39. The van der Waals surface area contributed by atoms with Gasteiger partial charge in [0, 0.05) is 26.3 Å². The molecule has 0 unspecified atom stereocenters. The van der Waals surface area contributed by atoms with Crippen molar-refractivity contribution in [2.75, 3.05) is 13.6 Å². The van der Waals surface area contributed by atoms with Gasteiger partial charge < -0.3 is 4.90 Å². The first-order valence-electron chi connectivity index (χ1n) is 9.00. The van der Waals surface area contributed by atoms with Crippen molar-refractivity contribution in [3.05, 3.63) is 83.6 Å². The van der Waals surface area contributed by atoms with E-state index in [0.717, 1.165) is 15.4 Å². The molecule has 0 bridgehead atoms. The average molecular weight is 398 g/mol. The van der Waals surface area contributed by atoms with E-state index in [-0.39, 0.29) is 18.2 Å². The molecular formula is C21H23N3O3S. The van der Waals surface area contributed by atoms with Crippen LogP contribution < -0.4 is 0 Å². The molecule has 0 aliphatic carbocycles. The lowest BCUT2D eigenvalue weighted by atomic mass is 10.1. The molecular weight excluding hydrogens is 374 g/mol. The SMILES string of the molecule is CC1=NS(=O)(=O)N(CCc2ccccc2)C=C1C(=O)N(C)Cc1ccccc1. The Bertz CT molecular complexity index is 1000. The molecule has 0 fully saturated rings. The zero-order valence-electron chi connectivity index (χ0n) is 15.9. The highest BCUT2D eigenvalue weighted by molar-refractivity contribution is 7.88. The van der Waals surface area contributed by atoms with Crippen molar-refractivity contribution in [2.24, 2.45) is 4.40 Å². The van der Waals surface area contributed by atoms with Crippen molar-refractivity contribution < 1.29 is 13.2 Å². The van der Waals surface area contributed by atoms with Gasteiger partial charge in [-0.3, -0.25) is 9.10 Å².